The number of rotatable bonds is 9. The van der Waals surface area contributed by atoms with Crippen LogP contribution in [-0.4, -0.2) is 29.5 Å². The second kappa shape index (κ2) is 11.3. The highest BCUT2D eigenvalue weighted by atomic mass is 32.1. The molecule has 3 aromatic carbocycles. The average molecular weight is 436 g/mol. The molecule has 0 aromatic heterocycles. The number of nitrogens with one attached hydrogen (secondary N) is 2. The minimum absolute atomic E-state index is 0.0215. The summed E-state index contributed by atoms with van der Waals surface area (Å²) >= 11 is 5.20. The van der Waals surface area contributed by atoms with E-state index in [1.165, 1.54) is 12.1 Å². The smallest absolute Gasteiger partial charge is 0.269 e. The molecule has 0 bridgehead atoms. The van der Waals surface area contributed by atoms with Gasteiger partial charge in [-0.05, 0) is 54.2 Å². The van der Waals surface area contributed by atoms with Crippen LogP contribution in [0.1, 0.15) is 5.56 Å². The van der Waals surface area contributed by atoms with Crippen molar-refractivity contribution in [1.29, 1.82) is 0 Å². The first-order valence-electron chi connectivity index (χ1n) is 9.35. The lowest BCUT2D eigenvalue weighted by Gasteiger charge is -2.09. The van der Waals surface area contributed by atoms with E-state index in [2.05, 4.69) is 15.8 Å². The van der Waals surface area contributed by atoms with Crippen molar-refractivity contribution in [2.75, 3.05) is 18.5 Å². The van der Waals surface area contributed by atoms with Gasteiger partial charge >= 0.3 is 0 Å². The van der Waals surface area contributed by atoms with Crippen LogP contribution in [0.4, 0.5) is 11.4 Å². The summed E-state index contributed by atoms with van der Waals surface area (Å²) in [5.74, 6) is 1.21. The Morgan fingerprint density at radius 2 is 1.68 bits per heavy atom. The molecule has 9 heteroatoms. The summed E-state index contributed by atoms with van der Waals surface area (Å²) in [5, 5.41) is 18.2. The molecule has 0 amide bonds. The standard InChI is InChI=1S/C22H20N4O4S/c27-26(28)19-9-11-20(12-10-19)29-13-14-30-21-8-4-5-17(15-21)16-23-25-22(31)24-18-6-2-1-3-7-18/h1-12,15-16H,13-14H2,(H2,24,25,31)/b23-16-. The summed E-state index contributed by atoms with van der Waals surface area (Å²) in [7, 11) is 0. The Morgan fingerprint density at radius 3 is 2.39 bits per heavy atom. The van der Waals surface area contributed by atoms with Gasteiger partial charge in [0.2, 0.25) is 0 Å². The Morgan fingerprint density at radius 1 is 0.968 bits per heavy atom. The highest BCUT2D eigenvalue weighted by molar-refractivity contribution is 7.80. The van der Waals surface area contributed by atoms with Gasteiger partial charge in [-0.2, -0.15) is 5.10 Å². The first-order valence-corrected chi connectivity index (χ1v) is 9.76. The predicted molar refractivity (Wildman–Crippen MR) is 124 cm³/mol. The fraction of sp³-hybridized carbons (Fsp3) is 0.0909. The van der Waals surface area contributed by atoms with Gasteiger partial charge in [-0.1, -0.05) is 30.3 Å². The molecule has 0 aliphatic carbocycles. The lowest BCUT2D eigenvalue weighted by atomic mass is 10.2. The number of anilines is 1. The third kappa shape index (κ3) is 7.41. The van der Waals surface area contributed by atoms with Crippen molar-refractivity contribution >= 4 is 34.9 Å². The van der Waals surface area contributed by atoms with E-state index in [4.69, 9.17) is 21.7 Å². The van der Waals surface area contributed by atoms with Gasteiger partial charge in [-0.15, -0.1) is 0 Å². The molecule has 0 fully saturated rings. The second-order valence-electron chi connectivity index (χ2n) is 6.21. The monoisotopic (exact) mass is 436 g/mol. The molecule has 0 atom stereocenters. The number of nitrogens with zero attached hydrogens (tertiary/aromatic N) is 2. The number of hydrogen-bond donors (Lipinski definition) is 2. The van der Waals surface area contributed by atoms with E-state index in [1.807, 2.05) is 54.6 Å². The number of thiocarbonyl (C=S) groups is 1. The molecular weight excluding hydrogens is 416 g/mol. The predicted octanol–water partition coefficient (Wildman–Crippen LogP) is 4.37. The number of nitro groups is 1. The zero-order valence-corrected chi connectivity index (χ0v) is 17.2. The van der Waals surface area contributed by atoms with Crippen LogP contribution in [-0.2, 0) is 0 Å². The van der Waals surface area contributed by atoms with E-state index in [9.17, 15) is 10.1 Å². The Kier molecular flexibility index (Phi) is 7.90. The fourth-order valence-corrected chi connectivity index (χ4v) is 2.68. The van der Waals surface area contributed by atoms with E-state index >= 15 is 0 Å². The van der Waals surface area contributed by atoms with Gasteiger partial charge in [0.1, 0.15) is 24.7 Å². The van der Waals surface area contributed by atoms with Crippen molar-refractivity contribution in [2.45, 2.75) is 0 Å². The van der Waals surface area contributed by atoms with Crippen LogP contribution in [0.15, 0.2) is 84.0 Å². The highest BCUT2D eigenvalue weighted by Crippen LogP contribution is 2.17. The average Bonchev–Trinajstić information content (AvgIpc) is 2.78. The van der Waals surface area contributed by atoms with Crippen LogP contribution in [0.5, 0.6) is 11.5 Å². The van der Waals surface area contributed by atoms with Crippen LogP contribution in [0.25, 0.3) is 0 Å². The van der Waals surface area contributed by atoms with Crippen LogP contribution < -0.4 is 20.2 Å². The molecule has 3 aromatic rings. The Hall–Kier alpha value is -3.98. The molecule has 0 unspecified atom stereocenters. The molecule has 8 nitrogen and oxygen atoms in total. The molecule has 0 radical (unpaired) electrons. The molecule has 3 rings (SSSR count). The number of hydrogen-bond acceptors (Lipinski definition) is 6. The maximum atomic E-state index is 10.7. The largest absolute Gasteiger partial charge is 0.490 e. The van der Waals surface area contributed by atoms with Crippen LogP contribution in [0, 0.1) is 10.1 Å². The Labute approximate surface area is 184 Å². The minimum atomic E-state index is -0.452. The van der Waals surface area contributed by atoms with Gasteiger partial charge < -0.3 is 14.8 Å². The highest BCUT2D eigenvalue weighted by Gasteiger charge is 2.04. The summed E-state index contributed by atoms with van der Waals surface area (Å²) in [5.41, 5.74) is 4.50. The third-order valence-electron chi connectivity index (χ3n) is 3.94. The molecule has 0 aliphatic rings. The van der Waals surface area contributed by atoms with Crippen LogP contribution >= 0.6 is 12.2 Å². The van der Waals surface area contributed by atoms with Gasteiger partial charge in [0.15, 0.2) is 5.11 Å². The van der Waals surface area contributed by atoms with Crippen molar-refractivity contribution in [3.8, 4) is 11.5 Å². The number of hydrazone groups is 1. The number of nitro benzene ring substituents is 1. The molecule has 0 aliphatic heterocycles. The number of ether oxygens (including phenoxy) is 2. The summed E-state index contributed by atoms with van der Waals surface area (Å²) in [6.45, 7) is 0.623. The minimum Gasteiger partial charge on any atom is -0.490 e. The lowest BCUT2D eigenvalue weighted by molar-refractivity contribution is -0.384. The van der Waals surface area contributed by atoms with E-state index in [-0.39, 0.29) is 5.69 Å². The SMILES string of the molecule is O=[N+]([O-])c1ccc(OCCOc2cccc(/C=N\NC(=S)Nc3ccccc3)c2)cc1. The Bertz CT molecular complexity index is 1040. The maximum Gasteiger partial charge on any atom is 0.269 e. The van der Waals surface area contributed by atoms with Gasteiger partial charge in [-0.3, -0.25) is 15.5 Å². The molecule has 0 heterocycles. The number of non-ortho nitro benzene ring substituents is 1. The van der Waals surface area contributed by atoms with Gasteiger partial charge in [0.05, 0.1) is 11.1 Å². The van der Waals surface area contributed by atoms with Crippen molar-refractivity contribution in [2.24, 2.45) is 5.10 Å². The van der Waals surface area contributed by atoms with Crippen molar-refractivity contribution in [1.82, 2.24) is 5.43 Å². The lowest BCUT2D eigenvalue weighted by Crippen LogP contribution is -2.23. The Balaban J connectivity index is 1.41. The zero-order chi connectivity index (χ0) is 21.9. The van der Waals surface area contributed by atoms with E-state index in [0.29, 0.717) is 29.8 Å². The number of benzene rings is 3. The summed E-state index contributed by atoms with van der Waals surface area (Å²) in [4.78, 5) is 10.2. The molecule has 0 saturated heterocycles. The second-order valence-corrected chi connectivity index (χ2v) is 6.62. The maximum absolute atomic E-state index is 10.7. The first kappa shape index (κ1) is 21.7. The summed E-state index contributed by atoms with van der Waals surface area (Å²) in [6.07, 6.45) is 1.64. The van der Waals surface area contributed by atoms with Crippen molar-refractivity contribution < 1.29 is 14.4 Å². The van der Waals surface area contributed by atoms with E-state index < -0.39 is 4.92 Å². The van der Waals surface area contributed by atoms with Crippen molar-refractivity contribution in [3.63, 3.8) is 0 Å². The molecule has 31 heavy (non-hydrogen) atoms. The zero-order valence-electron chi connectivity index (χ0n) is 16.4. The topological polar surface area (TPSA) is 98.0 Å². The van der Waals surface area contributed by atoms with Crippen molar-refractivity contribution in [3.05, 3.63) is 94.5 Å². The quantitative estimate of drug-likeness (QED) is 0.169. The fourth-order valence-electron chi connectivity index (χ4n) is 2.51. The van der Waals surface area contributed by atoms with E-state index in [1.54, 1.807) is 18.3 Å². The first-order chi connectivity index (χ1) is 15.1. The van der Waals surface area contributed by atoms with Gasteiger partial charge in [-0.25, -0.2) is 0 Å². The summed E-state index contributed by atoms with van der Waals surface area (Å²) in [6, 6.07) is 22.9. The molecule has 0 spiro atoms. The number of para-hydroxylation sites is 1. The normalized spacial score (nSPS) is 10.5. The third-order valence-corrected chi connectivity index (χ3v) is 4.13. The molecule has 2 N–H and O–H groups in total. The molecular formula is C22H20N4O4S. The molecule has 0 saturated carbocycles. The van der Waals surface area contributed by atoms with Crippen LogP contribution in [0.2, 0.25) is 0 Å². The van der Waals surface area contributed by atoms with Gasteiger partial charge in [0, 0.05) is 17.8 Å². The summed E-state index contributed by atoms with van der Waals surface area (Å²) < 4.78 is 11.2. The van der Waals surface area contributed by atoms with Crippen LogP contribution in [0.3, 0.4) is 0 Å². The van der Waals surface area contributed by atoms with E-state index in [0.717, 1.165) is 11.3 Å². The van der Waals surface area contributed by atoms with Gasteiger partial charge in [0.25, 0.3) is 5.69 Å². The molecule has 158 valence electrons.